The lowest BCUT2D eigenvalue weighted by Crippen LogP contribution is -2.32. The zero-order valence-corrected chi connectivity index (χ0v) is 12.8. The van der Waals surface area contributed by atoms with E-state index in [0.717, 1.165) is 25.9 Å². The Morgan fingerprint density at radius 2 is 2.10 bits per heavy atom. The Hall–Kier alpha value is -1.69. The average Bonchev–Trinajstić information content (AvgIpc) is 2.43. The maximum absolute atomic E-state index is 11.8. The number of anilines is 1. The standard InChI is InChI=1S/C14H25N5O/c1-5-11(2)16-14(20)12-7-8-13(18-17-12)15-9-6-10-19(3)4/h7-8,11H,5-6,9-10H2,1-4H3,(H,15,18)(H,16,20). The highest BCUT2D eigenvalue weighted by Crippen LogP contribution is 2.03. The van der Waals surface area contributed by atoms with Crippen LogP contribution >= 0.6 is 0 Å². The molecule has 112 valence electrons. The van der Waals surface area contributed by atoms with Gasteiger partial charge >= 0.3 is 0 Å². The van der Waals surface area contributed by atoms with E-state index in [0.29, 0.717) is 11.5 Å². The molecule has 0 saturated carbocycles. The first kappa shape index (κ1) is 16.4. The molecule has 6 heteroatoms. The Kier molecular flexibility index (Phi) is 6.93. The van der Waals surface area contributed by atoms with E-state index in [9.17, 15) is 4.79 Å². The quantitative estimate of drug-likeness (QED) is 0.703. The van der Waals surface area contributed by atoms with Crippen LogP contribution in [0.25, 0.3) is 0 Å². The van der Waals surface area contributed by atoms with Gasteiger partial charge in [0.05, 0.1) is 0 Å². The second-order valence-corrected chi connectivity index (χ2v) is 5.17. The van der Waals surface area contributed by atoms with E-state index in [2.05, 4.69) is 25.7 Å². The van der Waals surface area contributed by atoms with E-state index in [1.165, 1.54) is 0 Å². The maximum Gasteiger partial charge on any atom is 0.272 e. The predicted molar refractivity (Wildman–Crippen MR) is 80.9 cm³/mol. The van der Waals surface area contributed by atoms with Crippen LogP contribution in [0.1, 0.15) is 37.2 Å². The monoisotopic (exact) mass is 279 g/mol. The second kappa shape index (κ2) is 8.47. The summed E-state index contributed by atoms with van der Waals surface area (Å²) in [5.74, 6) is 0.523. The van der Waals surface area contributed by atoms with Crippen molar-refractivity contribution in [2.45, 2.75) is 32.7 Å². The lowest BCUT2D eigenvalue weighted by molar-refractivity contribution is 0.0933. The molecule has 6 nitrogen and oxygen atoms in total. The Morgan fingerprint density at radius 3 is 2.65 bits per heavy atom. The molecule has 1 heterocycles. The summed E-state index contributed by atoms with van der Waals surface area (Å²) >= 11 is 0. The third kappa shape index (κ3) is 5.97. The molecule has 0 bridgehead atoms. The summed E-state index contributed by atoms with van der Waals surface area (Å²) in [5, 5.41) is 14.0. The maximum atomic E-state index is 11.8. The lowest BCUT2D eigenvalue weighted by atomic mass is 10.2. The van der Waals surface area contributed by atoms with Gasteiger partial charge in [0.25, 0.3) is 5.91 Å². The number of carbonyl (C=O) groups is 1. The number of aromatic nitrogens is 2. The predicted octanol–water partition coefficient (Wildman–Crippen LogP) is 1.37. The van der Waals surface area contributed by atoms with Gasteiger partial charge in [0.2, 0.25) is 0 Å². The van der Waals surface area contributed by atoms with Gasteiger partial charge in [0.1, 0.15) is 5.82 Å². The summed E-state index contributed by atoms with van der Waals surface area (Å²) in [4.78, 5) is 14.0. The molecule has 0 aliphatic carbocycles. The Labute approximate surface area is 121 Å². The van der Waals surface area contributed by atoms with Crippen molar-refractivity contribution in [2.75, 3.05) is 32.5 Å². The van der Waals surface area contributed by atoms with Crippen molar-refractivity contribution in [3.63, 3.8) is 0 Å². The lowest BCUT2D eigenvalue weighted by Gasteiger charge is -2.11. The molecule has 1 aromatic heterocycles. The Bertz CT molecular complexity index is 405. The molecule has 0 saturated heterocycles. The number of rotatable bonds is 8. The molecule has 2 N–H and O–H groups in total. The van der Waals surface area contributed by atoms with Crippen LogP contribution in [0.15, 0.2) is 12.1 Å². The van der Waals surface area contributed by atoms with Gasteiger partial charge in [-0.3, -0.25) is 4.79 Å². The minimum atomic E-state index is -0.175. The SMILES string of the molecule is CCC(C)NC(=O)c1ccc(NCCCN(C)C)nn1. The molecule has 0 aliphatic heterocycles. The molecular formula is C14H25N5O. The van der Waals surface area contributed by atoms with Crippen molar-refractivity contribution >= 4 is 11.7 Å². The third-order valence-corrected chi connectivity index (χ3v) is 2.98. The van der Waals surface area contributed by atoms with Crippen LogP contribution in [0.3, 0.4) is 0 Å². The topological polar surface area (TPSA) is 70.2 Å². The highest BCUT2D eigenvalue weighted by molar-refractivity contribution is 5.92. The fraction of sp³-hybridized carbons (Fsp3) is 0.643. The number of hydrogen-bond donors (Lipinski definition) is 2. The molecule has 1 amide bonds. The van der Waals surface area contributed by atoms with Crippen LogP contribution in [0.2, 0.25) is 0 Å². The minimum Gasteiger partial charge on any atom is -0.369 e. The van der Waals surface area contributed by atoms with Crippen molar-refractivity contribution < 1.29 is 4.79 Å². The van der Waals surface area contributed by atoms with Gasteiger partial charge in [-0.05, 0) is 52.5 Å². The van der Waals surface area contributed by atoms with Crippen molar-refractivity contribution in [3.05, 3.63) is 17.8 Å². The second-order valence-electron chi connectivity index (χ2n) is 5.17. The molecule has 0 aromatic carbocycles. The van der Waals surface area contributed by atoms with E-state index in [4.69, 9.17) is 0 Å². The van der Waals surface area contributed by atoms with E-state index in [1.807, 2.05) is 27.9 Å². The van der Waals surface area contributed by atoms with E-state index >= 15 is 0 Å². The first-order valence-corrected chi connectivity index (χ1v) is 7.06. The summed E-state index contributed by atoms with van der Waals surface area (Å²) in [6.07, 6.45) is 1.93. The number of nitrogens with one attached hydrogen (secondary N) is 2. The van der Waals surface area contributed by atoms with Crippen LogP contribution in [0.4, 0.5) is 5.82 Å². The highest BCUT2D eigenvalue weighted by atomic mass is 16.2. The van der Waals surface area contributed by atoms with Crippen LogP contribution < -0.4 is 10.6 Å². The van der Waals surface area contributed by atoms with Crippen LogP contribution in [0.5, 0.6) is 0 Å². The molecule has 1 atom stereocenters. The normalized spacial score (nSPS) is 12.2. The molecule has 0 aliphatic rings. The third-order valence-electron chi connectivity index (χ3n) is 2.98. The summed E-state index contributed by atoms with van der Waals surface area (Å²) in [5.41, 5.74) is 0.351. The molecule has 1 aromatic rings. The molecule has 0 radical (unpaired) electrons. The zero-order valence-electron chi connectivity index (χ0n) is 12.8. The summed E-state index contributed by atoms with van der Waals surface area (Å²) in [6, 6.07) is 3.63. The van der Waals surface area contributed by atoms with Gasteiger partial charge in [-0.1, -0.05) is 6.92 Å². The van der Waals surface area contributed by atoms with Crippen molar-refractivity contribution in [1.82, 2.24) is 20.4 Å². The van der Waals surface area contributed by atoms with E-state index in [-0.39, 0.29) is 11.9 Å². The van der Waals surface area contributed by atoms with Gasteiger partial charge in [-0.25, -0.2) is 0 Å². The fourth-order valence-electron chi connectivity index (χ4n) is 1.56. The summed E-state index contributed by atoms with van der Waals surface area (Å²) < 4.78 is 0. The van der Waals surface area contributed by atoms with Crippen LogP contribution in [-0.2, 0) is 0 Å². The fourth-order valence-corrected chi connectivity index (χ4v) is 1.56. The average molecular weight is 279 g/mol. The molecule has 1 rings (SSSR count). The van der Waals surface area contributed by atoms with Gasteiger partial charge in [0, 0.05) is 12.6 Å². The van der Waals surface area contributed by atoms with E-state index < -0.39 is 0 Å². The smallest absolute Gasteiger partial charge is 0.272 e. The first-order valence-electron chi connectivity index (χ1n) is 7.06. The van der Waals surface area contributed by atoms with Gasteiger partial charge in [-0.15, -0.1) is 10.2 Å². The molecule has 1 unspecified atom stereocenters. The number of carbonyl (C=O) groups excluding carboxylic acids is 1. The summed E-state index contributed by atoms with van der Waals surface area (Å²) in [6.45, 7) is 5.85. The van der Waals surface area contributed by atoms with Crippen LogP contribution in [-0.4, -0.2) is 54.2 Å². The Balaban J connectivity index is 2.41. The van der Waals surface area contributed by atoms with Gasteiger partial charge in [0.15, 0.2) is 5.69 Å². The minimum absolute atomic E-state index is 0.146. The zero-order chi connectivity index (χ0) is 15.0. The summed E-state index contributed by atoms with van der Waals surface area (Å²) in [7, 11) is 4.09. The number of nitrogens with zero attached hydrogens (tertiary/aromatic N) is 3. The molecule has 0 spiro atoms. The number of hydrogen-bond acceptors (Lipinski definition) is 5. The molecular weight excluding hydrogens is 254 g/mol. The molecule has 20 heavy (non-hydrogen) atoms. The Morgan fingerprint density at radius 1 is 1.35 bits per heavy atom. The van der Waals surface area contributed by atoms with Gasteiger partial charge in [-0.2, -0.15) is 0 Å². The van der Waals surface area contributed by atoms with Crippen molar-refractivity contribution in [2.24, 2.45) is 0 Å². The van der Waals surface area contributed by atoms with Crippen LogP contribution in [0, 0.1) is 0 Å². The first-order chi connectivity index (χ1) is 9.52. The molecule has 0 fully saturated rings. The van der Waals surface area contributed by atoms with Gasteiger partial charge < -0.3 is 15.5 Å². The van der Waals surface area contributed by atoms with Crippen molar-refractivity contribution in [3.8, 4) is 0 Å². The largest absolute Gasteiger partial charge is 0.369 e. The van der Waals surface area contributed by atoms with E-state index in [1.54, 1.807) is 12.1 Å². The number of amides is 1. The van der Waals surface area contributed by atoms with Crippen molar-refractivity contribution in [1.29, 1.82) is 0 Å². The highest BCUT2D eigenvalue weighted by Gasteiger charge is 2.10.